The van der Waals surface area contributed by atoms with Gasteiger partial charge in [-0.3, -0.25) is 22.9 Å². The third kappa shape index (κ3) is 6.90. The molecule has 1 fully saturated rings. The zero-order valence-electron chi connectivity index (χ0n) is 20.4. The first-order chi connectivity index (χ1) is 17.5. The van der Waals surface area contributed by atoms with Crippen LogP contribution in [0.4, 0.5) is 10.1 Å². The number of nitrogens with zero attached hydrogens (tertiary/aromatic N) is 1. The summed E-state index contributed by atoms with van der Waals surface area (Å²) in [5.74, 6) is -2.91. The number of rotatable bonds is 12. The zero-order valence-corrected chi connectivity index (χ0v) is 22.5. The van der Waals surface area contributed by atoms with Crippen molar-refractivity contribution in [1.29, 1.82) is 5.41 Å². The van der Waals surface area contributed by atoms with Gasteiger partial charge in [0.05, 0.1) is 35.0 Å². The van der Waals surface area contributed by atoms with Crippen LogP contribution in [0.2, 0.25) is 0 Å². The van der Waals surface area contributed by atoms with Crippen LogP contribution in [-0.2, 0) is 14.4 Å². The molecule has 3 rings (SSSR count). The Hall–Kier alpha value is -3.35. The first-order valence-electron chi connectivity index (χ1n) is 11.8. The average molecular weight is 622 g/mol. The number of aromatic carboxylic acids is 1. The first-order valence-corrected chi connectivity index (χ1v) is 12.7. The van der Waals surface area contributed by atoms with E-state index in [1.54, 1.807) is 41.1 Å². The Morgan fingerprint density at radius 2 is 1.92 bits per heavy atom. The molecule has 0 aromatic heterocycles. The lowest BCUT2D eigenvalue weighted by molar-refractivity contribution is -0.132. The molecule has 0 unspecified atom stereocenters. The van der Waals surface area contributed by atoms with Crippen LogP contribution in [0.25, 0.3) is 0 Å². The molecule has 0 bridgehead atoms. The number of benzene rings is 2. The molecule has 1 saturated carbocycles. The number of ketones is 1. The lowest BCUT2D eigenvalue weighted by Crippen LogP contribution is -2.47. The molecule has 0 radical (unpaired) electrons. The summed E-state index contributed by atoms with van der Waals surface area (Å²) in [5.41, 5.74) is 0.484. The molecular formula is C26H28FIN4O5. The van der Waals surface area contributed by atoms with Gasteiger partial charge in [-0.1, -0.05) is 31.5 Å². The van der Waals surface area contributed by atoms with Crippen LogP contribution < -0.4 is 10.6 Å². The van der Waals surface area contributed by atoms with Gasteiger partial charge in [0, 0.05) is 30.1 Å². The molecule has 0 saturated heterocycles. The minimum absolute atomic E-state index is 0.0709. The van der Waals surface area contributed by atoms with Crippen molar-refractivity contribution in [2.24, 2.45) is 0 Å². The molecule has 3 atom stereocenters. The normalized spacial score (nSPS) is 16.9. The van der Waals surface area contributed by atoms with E-state index in [1.807, 2.05) is 6.92 Å². The van der Waals surface area contributed by atoms with Gasteiger partial charge in [0.2, 0.25) is 5.91 Å². The average Bonchev–Trinajstić information content (AvgIpc) is 3.63. The van der Waals surface area contributed by atoms with Gasteiger partial charge in [-0.2, -0.15) is 0 Å². The fourth-order valence-electron chi connectivity index (χ4n) is 4.03. The highest BCUT2D eigenvalue weighted by molar-refractivity contribution is 14.1. The number of hydrogen-bond acceptors (Lipinski definition) is 6. The van der Waals surface area contributed by atoms with E-state index in [-0.39, 0.29) is 52.8 Å². The van der Waals surface area contributed by atoms with Crippen LogP contribution in [0, 0.1) is 11.2 Å². The maximum atomic E-state index is 14.1. The molecule has 0 heterocycles. The van der Waals surface area contributed by atoms with Crippen molar-refractivity contribution in [3.05, 3.63) is 65.0 Å². The topological polar surface area (TPSA) is 140 Å². The van der Waals surface area contributed by atoms with E-state index in [0.717, 1.165) is 0 Å². The van der Waals surface area contributed by atoms with Gasteiger partial charge in [0.15, 0.2) is 5.78 Å². The quantitative estimate of drug-likeness (QED) is 0.161. The summed E-state index contributed by atoms with van der Waals surface area (Å²) in [6, 6.07) is 9.37. The minimum atomic E-state index is -1.20. The van der Waals surface area contributed by atoms with Crippen LogP contribution in [0.5, 0.6) is 0 Å². The molecule has 0 spiro atoms. The predicted octanol–water partition coefficient (Wildman–Crippen LogP) is 3.91. The van der Waals surface area contributed by atoms with Crippen molar-refractivity contribution in [3.8, 4) is 0 Å². The van der Waals surface area contributed by atoms with Crippen molar-refractivity contribution in [2.75, 3.05) is 11.9 Å². The van der Waals surface area contributed by atoms with Crippen molar-refractivity contribution in [2.45, 2.75) is 51.1 Å². The number of nitrogens with one attached hydrogen (secondary N) is 3. The van der Waals surface area contributed by atoms with Gasteiger partial charge < -0.3 is 15.7 Å². The van der Waals surface area contributed by atoms with Gasteiger partial charge in [0.1, 0.15) is 17.6 Å². The number of halogens is 2. The van der Waals surface area contributed by atoms with Crippen LogP contribution >= 0.6 is 22.9 Å². The summed E-state index contributed by atoms with van der Waals surface area (Å²) in [6.07, 6.45) is 1.67. The standard InChI is InChI=1S/C26H28FIN4O5/c1-3-6-22(25(35)31-21-12-18(21)16-7-4-5-8-19(16)27)32(28)23(34)13-30-20-11-15(26(36)37)9-10-17(20)24(29)14(2)33/h4-5,7-11,18,21-22,29-30H,3,6,12-13H2,1-2H3,(H,31,35)(H,36,37)/t18-,21+,22-/m0/s1. The highest BCUT2D eigenvalue weighted by atomic mass is 127. The van der Waals surface area contributed by atoms with E-state index >= 15 is 0 Å². The minimum Gasteiger partial charge on any atom is -0.478 e. The molecule has 2 aromatic rings. The lowest BCUT2D eigenvalue weighted by Gasteiger charge is -2.25. The molecule has 196 valence electrons. The molecule has 4 N–H and O–H groups in total. The second-order valence-corrected chi connectivity index (χ2v) is 9.88. The smallest absolute Gasteiger partial charge is 0.335 e. The maximum Gasteiger partial charge on any atom is 0.335 e. The second kappa shape index (κ2) is 12.3. The third-order valence-corrected chi connectivity index (χ3v) is 7.33. The number of carboxylic acid groups (broad SMARTS) is 1. The molecule has 0 aliphatic heterocycles. The van der Waals surface area contributed by atoms with Gasteiger partial charge in [-0.05, 0) is 42.7 Å². The van der Waals surface area contributed by atoms with E-state index < -0.39 is 23.7 Å². The van der Waals surface area contributed by atoms with Gasteiger partial charge in [0.25, 0.3) is 5.91 Å². The molecule has 11 heteroatoms. The highest BCUT2D eigenvalue weighted by Gasteiger charge is 2.42. The number of hydrogen-bond donors (Lipinski definition) is 4. The maximum absolute atomic E-state index is 14.1. The summed E-state index contributed by atoms with van der Waals surface area (Å²) in [5, 5.41) is 23.1. The molecule has 1 aliphatic carbocycles. The van der Waals surface area contributed by atoms with E-state index in [4.69, 9.17) is 5.41 Å². The number of carbonyl (C=O) groups excluding carboxylic acids is 3. The van der Waals surface area contributed by atoms with Gasteiger partial charge in [-0.25, -0.2) is 9.18 Å². The predicted molar refractivity (Wildman–Crippen MR) is 145 cm³/mol. The van der Waals surface area contributed by atoms with E-state index in [2.05, 4.69) is 10.6 Å². The molecule has 1 aliphatic rings. The molecule has 2 aromatic carbocycles. The van der Waals surface area contributed by atoms with Crippen LogP contribution in [0.15, 0.2) is 42.5 Å². The Morgan fingerprint density at radius 3 is 2.54 bits per heavy atom. The second-order valence-electron chi connectivity index (χ2n) is 8.84. The van der Waals surface area contributed by atoms with Crippen molar-refractivity contribution >= 4 is 57.8 Å². The van der Waals surface area contributed by atoms with E-state index in [1.165, 1.54) is 34.3 Å². The number of anilines is 1. The lowest BCUT2D eigenvalue weighted by atomic mass is 10.0. The Balaban J connectivity index is 1.68. The zero-order chi connectivity index (χ0) is 27.3. The van der Waals surface area contributed by atoms with Crippen LogP contribution in [0.1, 0.15) is 60.5 Å². The highest BCUT2D eigenvalue weighted by Crippen LogP contribution is 2.42. The number of amides is 2. The molecule has 2 amide bonds. The van der Waals surface area contributed by atoms with Crippen molar-refractivity contribution < 1.29 is 28.7 Å². The summed E-state index contributed by atoms with van der Waals surface area (Å²) in [4.78, 5) is 49.1. The molecular weight excluding hydrogens is 594 g/mol. The summed E-state index contributed by atoms with van der Waals surface area (Å²) in [6.45, 7) is 2.82. The monoisotopic (exact) mass is 622 g/mol. The fourth-order valence-corrected chi connectivity index (χ4v) is 4.73. The van der Waals surface area contributed by atoms with Crippen LogP contribution in [0.3, 0.4) is 0 Å². The first kappa shape index (κ1) is 28.2. The Kier molecular flexibility index (Phi) is 9.35. The Bertz CT molecular complexity index is 1240. The van der Waals surface area contributed by atoms with Gasteiger partial charge >= 0.3 is 5.97 Å². The molecule has 37 heavy (non-hydrogen) atoms. The SMILES string of the molecule is CCC[C@@H](C(=O)N[C@@H]1C[C@H]1c1ccccc1F)N(I)C(=O)CNc1cc(C(=O)O)ccc1C(=N)C(C)=O. The summed E-state index contributed by atoms with van der Waals surface area (Å²) in [7, 11) is 0. The fraction of sp³-hybridized carbons (Fsp3) is 0.346. The summed E-state index contributed by atoms with van der Waals surface area (Å²) < 4.78 is 15.4. The Labute approximate surface area is 227 Å². The third-order valence-electron chi connectivity index (χ3n) is 6.12. The Morgan fingerprint density at radius 1 is 1.22 bits per heavy atom. The number of carbonyl (C=O) groups is 4. The number of carboxylic acids is 1. The summed E-state index contributed by atoms with van der Waals surface area (Å²) >= 11 is 1.78. The molecule has 9 nitrogen and oxygen atoms in total. The van der Waals surface area contributed by atoms with Crippen molar-refractivity contribution in [1.82, 2.24) is 8.43 Å². The van der Waals surface area contributed by atoms with Crippen LogP contribution in [-0.4, -0.2) is 56.1 Å². The van der Waals surface area contributed by atoms with E-state index in [9.17, 15) is 28.7 Å². The van der Waals surface area contributed by atoms with E-state index in [0.29, 0.717) is 24.8 Å². The largest absolute Gasteiger partial charge is 0.478 e. The van der Waals surface area contributed by atoms with Gasteiger partial charge in [-0.15, -0.1) is 0 Å². The van der Waals surface area contributed by atoms with Crippen molar-refractivity contribution in [3.63, 3.8) is 0 Å². The number of Topliss-reactive ketones (excluding diaryl/α,β-unsaturated/α-hetero) is 1.